The molecule has 0 radical (unpaired) electrons. The molecule has 1 heterocycles. The molecule has 4 heteroatoms. The topological polar surface area (TPSA) is 56.2 Å². The van der Waals surface area contributed by atoms with Crippen LogP contribution in [0.1, 0.15) is 24.4 Å². The van der Waals surface area contributed by atoms with Gasteiger partial charge in [0.1, 0.15) is 5.58 Å². The van der Waals surface area contributed by atoms with E-state index in [2.05, 4.69) is 0 Å². The highest BCUT2D eigenvalue weighted by Crippen LogP contribution is 2.24. The summed E-state index contributed by atoms with van der Waals surface area (Å²) in [7, 11) is 0. The third kappa shape index (κ3) is 1.96. The normalized spacial score (nSPS) is 12.0. The van der Waals surface area contributed by atoms with E-state index in [0.717, 1.165) is 5.39 Å². The third-order valence-electron chi connectivity index (χ3n) is 2.29. The number of carbonyl (C=O) groups excluding carboxylic acids is 1. The van der Waals surface area contributed by atoms with Gasteiger partial charge in [-0.2, -0.15) is 0 Å². The van der Waals surface area contributed by atoms with Gasteiger partial charge in [0, 0.05) is 10.4 Å². The zero-order chi connectivity index (χ0) is 11.9. The second kappa shape index (κ2) is 3.61. The lowest BCUT2D eigenvalue weighted by molar-refractivity contribution is 0.0887. The van der Waals surface area contributed by atoms with Gasteiger partial charge in [0.05, 0.1) is 5.54 Å². The highest BCUT2D eigenvalue weighted by molar-refractivity contribution is 6.31. The Morgan fingerprint density at radius 2 is 2.06 bits per heavy atom. The largest absolute Gasteiger partial charge is 0.453 e. The Hall–Kier alpha value is -1.32. The van der Waals surface area contributed by atoms with Crippen LogP contribution in [0.2, 0.25) is 5.02 Å². The van der Waals surface area contributed by atoms with Crippen LogP contribution in [0.5, 0.6) is 0 Å². The average molecular weight is 238 g/mol. The predicted octanol–water partition coefficient (Wildman–Crippen LogP) is 3.01. The van der Waals surface area contributed by atoms with E-state index < -0.39 is 5.54 Å². The van der Waals surface area contributed by atoms with E-state index in [1.54, 1.807) is 38.1 Å². The molecule has 3 nitrogen and oxygen atoms in total. The van der Waals surface area contributed by atoms with Crippen molar-refractivity contribution >= 4 is 28.4 Å². The molecular weight excluding hydrogens is 226 g/mol. The molecule has 2 rings (SSSR count). The van der Waals surface area contributed by atoms with E-state index in [9.17, 15) is 4.79 Å². The van der Waals surface area contributed by atoms with Crippen molar-refractivity contribution in [3.63, 3.8) is 0 Å². The second-order valence-corrected chi connectivity index (χ2v) is 4.78. The summed E-state index contributed by atoms with van der Waals surface area (Å²) in [5.74, 6) is 0.0459. The minimum atomic E-state index is -0.933. The highest BCUT2D eigenvalue weighted by atomic mass is 35.5. The number of rotatable bonds is 2. The summed E-state index contributed by atoms with van der Waals surface area (Å²) in [6.07, 6.45) is 0. The van der Waals surface area contributed by atoms with Gasteiger partial charge in [-0.25, -0.2) is 0 Å². The summed E-state index contributed by atoms with van der Waals surface area (Å²) >= 11 is 5.85. The molecule has 0 bridgehead atoms. The van der Waals surface area contributed by atoms with Crippen LogP contribution in [0, 0.1) is 0 Å². The summed E-state index contributed by atoms with van der Waals surface area (Å²) in [6, 6.07) is 6.87. The number of hydrogen-bond acceptors (Lipinski definition) is 3. The monoisotopic (exact) mass is 237 g/mol. The Bertz CT molecular complexity index is 552. The minimum Gasteiger partial charge on any atom is -0.453 e. The molecule has 84 valence electrons. The van der Waals surface area contributed by atoms with Crippen molar-refractivity contribution in [3.8, 4) is 0 Å². The van der Waals surface area contributed by atoms with Crippen LogP contribution in [-0.2, 0) is 0 Å². The molecule has 0 aliphatic rings. The number of ketones is 1. The lowest BCUT2D eigenvalue weighted by Gasteiger charge is -2.13. The first-order chi connectivity index (χ1) is 7.38. The van der Waals surface area contributed by atoms with Gasteiger partial charge in [-0.15, -0.1) is 0 Å². The molecular formula is C12H12ClNO2. The summed E-state index contributed by atoms with van der Waals surface area (Å²) in [4.78, 5) is 11.9. The zero-order valence-corrected chi connectivity index (χ0v) is 9.84. The molecule has 0 unspecified atom stereocenters. The van der Waals surface area contributed by atoms with Crippen molar-refractivity contribution < 1.29 is 9.21 Å². The number of fused-ring (bicyclic) bond motifs is 1. The molecule has 0 aliphatic carbocycles. The Labute approximate surface area is 98.2 Å². The van der Waals surface area contributed by atoms with Crippen molar-refractivity contribution in [3.05, 3.63) is 35.0 Å². The molecule has 0 saturated carbocycles. The first-order valence-corrected chi connectivity index (χ1v) is 5.28. The summed E-state index contributed by atoms with van der Waals surface area (Å²) < 4.78 is 5.42. The molecule has 2 N–H and O–H groups in total. The molecule has 0 aliphatic heterocycles. The van der Waals surface area contributed by atoms with Crippen molar-refractivity contribution in [2.75, 3.05) is 0 Å². The maximum atomic E-state index is 11.9. The Balaban J connectivity index is 2.52. The zero-order valence-electron chi connectivity index (χ0n) is 9.08. The van der Waals surface area contributed by atoms with Gasteiger partial charge in [-0.1, -0.05) is 11.6 Å². The number of halogens is 1. The molecule has 0 spiro atoms. The van der Waals surface area contributed by atoms with Crippen LogP contribution in [0.4, 0.5) is 0 Å². The van der Waals surface area contributed by atoms with Crippen molar-refractivity contribution in [1.82, 2.24) is 0 Å². The summed E-state index contributed by atoms with van der Waals surface area (Å²) in [6.45, 7) is 3.30. The Morgan fingerprint density at radius 1 is 1.38 bits per heavy atom. The highest BCUT2D eigenvalue weighted by Gasteiger charge is 2.26. The van der Waals surface area contributed by atoms with Gasteiger partial charge in [-0.05, 0) is 38.1 Å². The molecule has 0 atom stereocenters. The van der Waals surface area contributed by atoms with E-state index in [1.807, 2.05) is 0 Å². The first kappa shape index (κ1) is 11.2. The van der Waals surface area contributed by atoms with Crippen LogP contribution < -0.4 is 5.73 Å². The molecule has 16 heavy (non-hydrogen) atoms. The van der Waals surface area contributed by atoms with Gasteiger partial charge in [0.2, 0.25) is 5.78 Å². The van der Waals surface area contributed by atoms with Gasteiger partial charge >= 0.3 is 0 Å². The van der Waals surface area contributed by atoms with E-state index in [0.29, 0.717) is 10.6 Å². The van der Waals surface area contributed by atoms with Gasteiger partial charge < -0.3 is 10.2 Å². The summed E-state index contributed by atoms with van der Waals surface area (Å²) in [5.41, 5.74) is 5.43. The van der Waals surface area contributed by atoms with Crippen molar-refractivity contribution in [2.24, 2.45) is 5.73 Å². The Morgan fingerprint density at radius 3 is 2.69 bits per heavy atom. The van der Waals surface area contributed by atoms with Crippen molar-refractivity contribution in [1.29, 1.82) is 0 Å². The van der Waals surface area contributed by atoms with Crippen molar-refractivity contribution in [2.45, 2.75) is 19.4 Å². The number of benzene rings is 1. The van der Waals surface area contributed by atoms with Crippen LogP contribution in [0.3, 0.4) is 0 Å². The molecule has 1 aromatic heterocycles. The van der Waals surface area contributed by atoms with Crippen LogP contribution in [0.15, 0.2) is 28.7 Å². The standard InChI is InChI=1S/C12H12ClNO2/c1-12(2,14)11(15)10-6-7-5-8(13)3-4-9(7)16-10/h3-6H,14H2,1-2H3. The lowest BCUT2D eigenvalue weighted by Crippen LogP contribution is -2.41. The molecule has 2 aromatic rings. The van der Waals surface area contributed by atoms with E-state index in [1.165, 1.54) is 0 Å². The molecule has 1 aromatic carbocycles. The predicted molar refractivity (Wildman–Crippen MR) is 63.8 cm³/mol. The van der Waals surface area contributed by atoms with Crippen LogP contribution >= 0.6 is 11.6 Å². The van der Waals surface area contributed by atoms with Gasteiger partial charge in [-0.3, -0.25) is 4.79 Å². The Kier molecular flexibility index (Phi) is 2.52. The third-order valence-corrected chi connectivity index (χ3v) is 2.52. The van der Waals surface area contributed by atoms with Crippen LogP contribution in [-0.4, -0.2) is 11.3 Å². The molecule has 0 amide bonds. The fourth-order valence-corrected chi connectivity index (χ4v) is 1.62. The lowest BCUT2D eigenvalue weighted by atomic mass is 9.99. The fourth-order valence-electron chi connectivity index (χ4n) is 1.44. The van der Waals surface area contributed by atoms with E-state index >= 15 is 0 Å². The SMILES string of the molecule is CC(C)(N)C(=O)c1cc2cc(Cl)ccc2o1. The number of furan rings is 1. The quantitative estimate of drug-likeness (QED) is 0.817. The molecule has 0 fully saturated rings. The van der Waals surface area contributed by atoms with Crippen LogP contribution in [0.25, 0.3) is 11.0 Å². The number of Topliss-reactive ketones (excluding diaryl/α,β-unsaturated/α-hetero) is 1. The number of carbonyl (C=O) groups is 1. The average Bonchev–Trinajstić information content (AvgIpc) is 2.57. The number of hydrogen-bond donors (Lipinski definition) is 1. The van der Waals surface area contributed by atoms with Gasteiger partial charge in [0.25, 0.3) is 0 Å². The smallest absolute Gasteiger partial charge is 0.217 e. The van der Waals surface area contributed by atoms with E-state index in [4.69, 9.17) is 21.8 Å². The minimum absolute atomic E-state index is 0.222. The fraction of sp³-hybridized carbons (Fsp3) is 0.250. The second-order valence-electron chi connectivity index (χ2n) is 4.34. The first-order valence-electron chi connectivity index (χ1n) is 4.91. The number of nitrogens with two attached hydrogens (primary N) is 1. The van der Waals surface area contributed by atoms with E-state index in [-0.39, 0.29) is 11.5 Å². The molecule has 0 saturated heterocycles. The van der Waals surface area contributed by atoms with Gasteiger partial charge in [0.15, 0.2) is 5.76 Å². The maximum absolute atomic E-state index is 11.9. The summed E-state index contributed by atoms with van der Waals surface area (Å²) in [5, 5.41) is 1.42. The maximum Gasteiger partial charge on any atom is 0.217 e.